The highest BCUT2D eigenvalue weighted by Gasteiger charge is 2.28. The molecule has 8 heteroatoms. The van der Waals surface area contributed by atoms with E-state index in [9.17, 15) is 4.79 Å². The van der Waals surface area contributed by atoms with Crippen LogP contribution in [-0.2, 0) is 0 Å². The van der Waals surface area contributed by atoms with Crippen molar-refractivity contribution in [2.75, 3.05) is 0 Å². The maximum Gasteiger partial charge on any atom is 0.345 e. The molecule has 0 unspecified atom stereocenters. The van der Waals surface area contributed by atoms with E-state index >= 15 is 0 Å². The predicted octanol–water partition coefficient (Wildman–Crippen LogP) is 5.38. The van der Waals surface area contributed by atoms with Gasteiger partial charge >= 0.3 is 5.97 Å². The van der Waals surface area contributed by atoms with Gasteiger partial charge in [-0.05, 0) is 48.9 Å². The van der Waals surface area contributed by atoms with E-state index in [1.165, 1.54) is 24.4 Å². The van der Waals surface area contributed by atoms with Gasteiger partial charge in [0, 0.05) is 12.3 Å². The Kier molecular flexibility index (Phi) is 5.15. The zero-order valence-electron chi connectivity index (χ0n) is 14.9. The highest BCUT2D eigenvalue weighted by Crippen LogP contribution is 2.46. The zero-order chi connectivity index (χ0) is 19.7. The lowest BCUT2D eigenvalue weighted by atomic mass is 10.1. The fraction of sp³-hybridized carbons (Fsp3) is 0.200. The molecule has 0 aliphatic heterocycles. The third kappa shape index (κ3) is 4.08. The van der Waals surface area contributed by atoms with Crippen LogP contribution in [-0.4, -0.2) is 21.2 Å². The lowest BCUT2D eigenvalue weighted by Crippen LogP contribution is -2.10. The molecule has 0 radical (unpaired) electrons. The van der Waals surface area contributed by atoms with Crippen molar-refractivity contribution < 1.29 is 14.3 Å². The Morgan fingerprint density at radius 1 is 1.11 bits per heavy atom. The fourth-order valence-electron chi connectivity index (χ4n) is 2.77. The molecule has 1 saturated carbocycles. The van der Waals surface area contributed by atoms with Crippen LogP contribution in [0.1, 0.15) is 40.2 Å². The maximum absolute atomic E-state index is 12.4. The highest BCUT2D eigenvalue weighted by molar-refractivity contribution is 6.29. The Labute approximate surface area is 171 Å². The minimum absolute atomic E-state index is 0.0656. The van der Waals surface area contributed by atoms with Gasteiger partial charge in [-0.2, -0.15) is 0 Å². The van der Waals surface area contributed by atoms with Crippen molar-refractivity contribution >= 4 is 29.2 Å². The quantitative estimate of drug-likeness (QED) is 0.411. The monoisotopic (exact) mass is 415 g/mol. The molecule has 3 aromatic rings. The summed E-state index contributed by atoms with van der Waals surface area (Å²) in [7, 11) is 0. The molecule has 0 atom stereocenters. The number of hydrogen-bond acceptors (Lipinski definition) is 6. The van der Waals surface area contributed by atoms with Gasteiger partial charge in [0.1, 0.15) is 10.9 Å². The highest BCUT2D eigenvalue weighted by atomic mass is 35.5. The van der Waals surface area contributed by atoms with Crippen LogP contribution in [0.25, 0.3) is 0 Å². The third-order valence-electron chi connectivity index (χ3n) is 4.32. The SMILES string of the molecule is Cc1cccc(C2CC2)c1Oc1nnc(Cl)cc1OC(=O)c1ccc(Cl)nc1. The topological polar surface area (TPSA) is 74.2 Å². The summed E-state index contributed by atoms with van der Waals surface area (Å²) in [5.74, 6) is 0.680. The largest absolute Gasteiger partial charge is 0.434 e. The smallest absolute Gasteiger partial charge is 0.345 e. The number of benzene rings is 1. The summed E-state index contributed by atoms with van der Waals surface area (Å²) in [5.41, 5.74) is 2.30. The number of para-hydroxylation sites is 1. The molecule has 28 heavy (non-hydrogen) atoms. The first-order chi connectivity index (χ1) is 13.5. The van der Waals surface area contributed by atoms with Gasteiger partial charge < -0.3 is 9.47 Å². The van der Waals surface area contributed by atoms with Crippen LogP contribution in [0.2, 0.25) is 10.3 Å². The number of nitrogens with zero attached hydrogens (tertiary/aromatic N) is 3. The molecule has 142 valence electrons. The number of carbonyl (C=O) groups excluding carboxylic acids is 1. The summed E-state index contributed by atoms with van der Waals surface area (Å²) in [4.78, 5) is 16.3. The molecule has 2 aromatic heterocycles. The Morgan fingerprint density at radius 2 is 1.93 bits per heavy atom. The van der Waals surface area contributed by atoms with E-state index in [1.807, 2.05) is 25.1 Å². The summed E-state index contributed by atoms with van der Waals surface area (Å²) in [5, 5.41) is 8.15. The van der Waals surface area contributed by atoms with Crippen LogP contribution >= 0.6 is 23.2 Å². The van der Waals surface area contributed by atoms with Crippen molar-refractivity contribution in [3.8, 4) is 17.4 Å². The standard InChI is InChI=1S/C20H15Cl2N3O3/c1-11-3-2-4-14(12-5-6-12)18(11)28-19-15(9-17(22)24-25-19)27-20(26)13-7-8-16(21)23-10-13/h2-4,7-10,12H,5-6H2,1H3. The van der Waals surface area contributed by atoms with Gasteiger partial charge in [0.2, 0.25) is 0 Å². The lowest BCUT2D eigenvalue weighted by Gasteiger charge is -2.14. The van der Waals surface area contributed by atoms with Crippen molar-refractivity contribution in [2.24, 2.45) is 0 Å². The number of esters is 1. The van der Waals surface area contributed by atoms with E-state index in [4.69, 9.17) is 32.7 Å². The molecule has 0 spiro atoms. The molecule has 4 rings (SSSR count). The van der Waals surface area contributed by atoms with Gasteiger partial charge in [0.25, 0.3) is 5.88 Å². The van der Waals surface area contributed by atoms with Gasteiger partial charge in [-0.25, -0.2) is 9.78 Å². The van der Waals surface area contributed by atoms with Crippen LogP contribution < -0.4 is 9.47 Å². The summed E-state index contributed by atoms with van der Waals surface area (Å²) in [6, 6.07) is 10.4. The molecular weight excluding hydrogens is 401 g/mol. The molecule has 0 bridgehead atoms. The average Bonchev–Trinajstić information content (AvgIpc) is 3.51. The molecular formula is C20H15Cl2N3O3. The van der Waals surface area contributed by atoms with Gasteiger partial charge in [0.05, 0.1) is 5.56 Å². The number of rotatable bonds is 5. The van der Waals surface area contributed by atoms with Crippen LogP contribution in [0, 0.1) is 6.92 Å². The first-order valence-corrected chi connectivity index (χ1v) is 9.41. The minimum Gasteiger partial charge on any atom is -0.434 e. The van der Waals surface area contributed by atoms with E-state index < -0.39 is 5.97 Å². The van der Waals surface area contributed by atoms with E-state index in [0.717, 1.165) is 24.0 Å². The number of aromatic nitrogens is 3. The number of ether oxygens (including phenoxy) is 2. The predicted molar refractivity (Wildman–Crippen MR) is 104 cm³/mol. The second kappa shape index (κ2) is 7.73. The van der Waals surface area contributed by atoms with Crippen molar-refractivity contribution in [3.63, 3.8) is 0 Å². The summed E-state index contributed by atoms with van der Waals surface area (Å²) >= 11 is 11.7. The van der Waals surface area contributed by atoms with Crippen LogP contribution in [0.4, 0.5) is 0 Å². The summed E-state index contributed by atoms with van der Waals surface area (Å²) < 4.78 is 11.5. The molecule has 0 N–H and O–H groups in total. The number of pyridine rings is 1. The number of halogens is 2. The lowest BCUT2D eigenvalue weighted by molar-refractivity contribution is 0.0728. The molecule has 0 saturated heterocycles. The number of carbonyl (C=O) groups is 1. The van der Waals surface area contributed by atoms with E-state index in [1.54, 1.807) is 0 Å². The van der Waals surface area contributed by atoms with Crippen LogP contribution in [0.3, 0.4) is 0 Å². The Bertz CT molecular complexity index is 1040. The fourth-order valence-corrected chi connectivity index (χ4v) is 3.02. The normalized spacial score (nSPS) is 13.2. The molecule has 1 fully saturated rings. The molecule has 0 amide bonds. The molecule has 2 heterocycles. The van der Waals surface area contributed by atoms with Gasteiger partial charge in [-0.15, -0.1) is 10.2 Å². The van der Waals surface area contributed by atoms with Crippen molar-refractivity contribution in [1.82, 2.24) is 15.2 Å². The molecule has 1 aliphatic carbocycles. The van der Waals surface area contributed by atoms with Crippen molar-refractivity contribution in [2.45, 2.75) is 25.7 Å². The van der Waals surface area contributed by atoms with Crippen molar-refractivity contribution in [3.05, 3.63) is 69.6 Å². The van der Waals surface area contributed by atoms with Gasteiger partial charge in [-0.3, -0.25) is 0 Å². The molecule has 1 aromatic carbocycles. The minimum atomic E-state index is -0.634. The maximum atomic E-state index is 12.4. The van der Waals surface area contributed by atoms with Crippen LogP contribution in [0.15, 0.2) is 42.6 Å². The second-order valence-corrected chi connectivity index (χ2v) is 7.24. The summed E-state index contributed by atoms with van der Waals surface area (Å²) in [6.45, 7) is 1.95. The van der Waals surface area contributed by atoms with E-state index in [0.29, 0.717) is 11.7 Å². The first kappa shape index (κ1) is 18.7. The number of aryl methyl sites for hydroxylation is 1. The van der Waals surface area contributed by atoms with Gasteiger partial charge in [0.15, 0.2) is 10.9 Å². The average molecular weight is 416 g/mol. The van der Waals surface area contributed by atoms with E-state index in [-0.39, 0.29) is 27.5 Å². The summed E-state index contributed by atoms with van der Waals surface area (Å²) in [6.07, 6.45) is 3.57. The zero-order valence-corrected chi connectivity index (χ0v) is 16.4. The molecule has 6 nitrogen and oxygen atoms in total. The third-order valence-corrected chi connectivity index (χ3v) is 4.73. The van der Waals surface area contributed by atoms with Crippen LogP contribution in [0.5, 0.6) is 17.4 Å². The molecule has 1 aliphatic rings. The first-order valence-electron chi connectivity index (χ1n) is 8.65. The second-order valence-electron chi connectivity index (χ2n) is 6.47. The van der Waals surface area contributed by atoms with Crippen molar-refractivity contribution in [1.29, 1.82) is 0 Å². The Balaban J connectivity index is 1.64. The Hall–Kier alpha value is -2.70. The van der Waals surface area contributed by atoms with Gasteiger partial charge in [-0.1, -0.05) is 41.4 Å². The van der Waals surface area contributed by atoms with E-state index in [2.05, 4.69) is 15.2 Å². The Morgan fingerprint density at radius 3 is 2.64 bits per heavy atom. The number of hydrogen-bond donors (Lipinski definition) is 0.